The lowest BCUT2D eigenvalue weighted by atomic mass is 9.80. The fourth-order valence-corrected chi connectivity index (χ4v) is 6.88. The molecule has 0 bridgehead atoms. The van der Waals surface area contributed by atoms with Gasteiger partial charge in [-0.05, 0) is 53.1 Å². The number of ether oxygens (including phenoxy) is 6. The molecule has 1 heterocycles. The number of hydrogen-bond acceptors (Lipinski definition) is 9. The second-order valence-corrected chi connectivity index (χ2v) is 13.1. The Hall–Kier alpha value is -6.39. The molecule has 0 aliphatic carbocycles. The fraction of sp³-hybridized carbons (Fsp3) is 0.170. The molecule has 0 unspecified atom stereocenters. The summed E-state index contributed by atoms with van der Waals surface area (Å²) < 4.78 is 38.1. The average Bonchev–Trinajstić information content (AvgIpc) is 3.27. The summed E-state index contributed by atoms with van der Waals surface area (Å²) in [5.74, 6) is -2.17. The van der Waals surface area contributed by atoms with Gasteiger partial charge in [-0.3, -0.25) is 0 Å². The topological polar surface area (TPSA) is 107 Å². The quantitative estimate of drug-likeness (QED) is 0.0659. The van der Waals surface area contributed by atoms with E-state index in [2.05, 4.69) is 0 Å². The Morgan fingerprint density at radius 2 is 0.786 bits per heavy atom. The van der Waals surface area contributed by atoms with Gasteiger partial charge in [0, 0.05) is 7.11 Å². The van der Waals surface area contributed by atoms with Crippen molar-refractivity contribution in [2.75, 3.05) is 13.7 Å². The summed E-state index contributed by atoms with van der Waals surface area (Å²) in [7, 11) is 1.39. The SMILES string of the molecule is CO[C@H]1O[C@H](COC(c2ccccc2)(c2ccccc2)c2ccccc2)[C@@H](OC(=O)c2ccccc2)[C@H](OC(=O)c2ccccc2)[C@H]1OC(=O)c1ccccc1. The van der Waals surface area contributed by atoms with Gasteiger partial charge in [0.05, 0.1) is 23.3 Å². The summed E-state index contributed by atoms with van der Waals surface area (Å²) in [6.07, 6.45) is -6.57. The Bertz CT molecular complexity index is 2070. The normalized spacial score (nSPS) is 19.3. The molecule has 0 saturated carbocycles. The maximum Gasteiger partial charge on any atom is 0.338 e. The molecule has 7 rings (SSSR count). The molecule has 1 aliphatic rings. The van der Waals surface area contributed by atoms with Gasteiger partial charge in [-0.2, -0.15) is 0 Å². The van der Waals surface area contributed by atoms with Crippen molar-refractivity contribution in [1.29, 1.82) is 0 Å². The van der Waals surface area contributed by atoms with Crippen LogP contribution in [0.2, 0.25) is 0 Å². The minimum Gasteiger partial charge on any atom is -0.452 e. The second-order valence-electron chi connectivity index (χ2n) is 13.1. The van der Waals surface area contributed by atoms with Crippen LogP contribution in [0, 0.1) is 0 Å². The van der Waals surface area contributed by atoms with Crippen LogP contribution in [0.25, 0.3) is 0 Å². The summed E-state index contributed by atoms with van der Waals surface area (Å²) in [5, 5.41) is 0. The number of methoxy groups -OCH3 is 1. The maximum atomic E-state index is 13.9. The van der Waals surface area contributed by atoms with Crippen molar-refractivity contribution in [3.05, 3.63) is 215 Å². The fourth-order valence-electron chi connectivity index (χ4n) is 6.88. The molecule has 1 saturated heterocycles. The first-order valence-corrected chi connectivity index (χ1v) is 18.2. The minimum absolute atomic E-state index is 0.204. The van der Waals surface area contributed by atoms with Crippen molar-refractivity contribution in [3.63, 3.8) is 0 Å². The van der Waals surface area contributed by atoms with E-state index in [0.29, 0.717) is 0 Å². The molecule has 0 radical (unpaired) electrons. The first-order valence-electron chi connectivity index (χ1n) is 18.2. The van der Waals surface area contributed by atoms with Crippen LogP contribution in [0.1, 0.15) is 47.8 Å². The van der Waals surface area contributed by atoms with Gasteiger partial charge in [0.25, 0.3) is 0 Å². The van der Waals surface area contributed by atoms with Gasteiger partial charge < -0.3 is 28.4 Å². The van der Waals surface area contributed by atoms with Gasteiger partial charge in [-0.25, -0.2) is 14.4 Å². The lowest BCUT2D eigenvalue weighted by Crippen LogP contribution is -2.63. The average molecular weight is 749 g/mol. The molecular weight excluding hydrogens is 709 g/mol. The number of carbonyl (C=O) groups is 3. The van der Waals surface area contributed by atoms with E-state index in [0.717, 1.165) is 16.7 Å². The largest absolute Gasteiger partial charge is 0.452 e. The summed E-state index contributed by atoms with van der Waals surface area (Å²) in [6.45, 7) is -0.204. The van der Waals surface area contributed by atoms with Crippen molar-refractivity contribution in [2.24, 2.45) is 0 Å². The monoisotopic (exact) mass is 748 g/mol. The van der Waals surface area contributed by atoms with E-state index in [-0.39, 0.29) is 23.3 Å². The zero-order valence-electron chi connectivity index (χ0n) is 30.6. The first kappa shape index (κ1) is 37.9. The predicted octanol–water partition coefficient (Wildman–Crippen LogP) is 8.04. The summed E-state index contributed by atoms with van der Waals surface area (Å²) in [6, 6.07) is 54.4. The molecule has 0 spiro atoms. The van der Waals surface area contributed by atoms with Crippen molar-refractivity contribution in [2.45, 2.75) is 36.3 Å². The molecule has 282 valence electrons. The molecular formula is C47H40O9. The Balaban J connectivity index is 1.33. The highest BCUT2D eigenvalue weighted by Crippen LogP contribution is 2.42. The highest BCUT2D eigenvalue weighted by Gasteiger charge is 2.54. The van der Waals surface area contributed by atoms with Crippen LogP contribution in [0.3, 0.4) is 0 Å². The molecule has 5 atom stereocenters. The Labute approximate surface area is 325 Å². The molecule has 1 fully saturated rings. The molecule has 0 aromatic heterocycles. The maximum absolute atomic E-state index is 13.9. The van der Waals surface area contributed by atoms with E-state index >= 15 is 0 Å². The lowest BCUT2D eigenvalue weighted by molar-refractivity contribution is -0.296. The number of benzene rings is 6. The molecule has 9 heteroatoms. The number of carbonyl (C=O) groups excluding carboxylic acids is 3. The van der Waals surface area contributed by atoms with Crippen LogP contribution in [0.4, 0.5) is 0 Å². The number of esters is 3. The second kappa shape index (κ2) is 17.8. The van der Waals surface area contributed by atoms with Crippen LogP contribution < -0.4 is 0 Å². The van der Waals surface area contributed by atoms with Crippen LogP contribution >= 0.6 is 0 Å². The van der Waals surface area contributed by atoms with Gasteiger partial charge in [-0.1, -0.05) is 146 Å². The Morgan fingerprint density at radius 1 is 0.464 bits per heavy atom. The van der Waals surface area contributed by atoms with E-state index in [4.69, 9.17) is 28.4 Å². The van der Waals surface area contributed by atoms with E-state index in [9.17, 15) is 14.4 Å². The third kappa shape index (κ3) is 8.30. The molecule has 0 amide bonds. The highest BCUT2D eigenvalue weighted by atomic mass is 16.7. The summed E-state index contributed by atoms with van der Waals surface area (Å²) in [4.78, 5) is 41.4. The van der Waals surface area contributed by atoms with Gasteiger partial charge >= 0.3 is 17.9 Å². The van der Waals surface area contributed by atoms with Crippen LogP contribution in [-0.2, 0) is 34.0 Å². The summed E-state index contributed by atoms with van der Waals surface area (Å²) >= 11 is 0. The highest BCUT2D eigenvalue weighted by molar-refractivity contribution is 5.91. The third-order valence-electron chi connectivity index (χ3n) is 9.59. The van der Waals surface area contributed by atoms with Crippen molar-refractivity contribution in [1.82, 2.24) is 0 Å². The molecule has 1 aliphatic heterocycles. The lowest BCUT2D eigenvalue weighted by Gasteiger charge is -2.45. The van der Waals surface area contributed by atoms with Crippen LogP contribution in [0.5, 0.6) is 0 Å². The number of hydrogen-bond donors (Lipinski definition) is 0. The minimum atomic E-state index is -1.42. The van der Waals surface area contributed by atoms with Gasteiger partial charge in [-0.15, -0.1) is 0 Å². The number of rotatable bonds is 13. The van der Waals surface area contributed by atoms with Gasteiger partial charge in [0.2, 0.25) is 0 Å². The standard InChI is InChI=1S/C47H40O9/c1-51-46-42(56-45(50)35-24-12-4-13-25-35)41(55-44(49)34-22-10-3-11-23-34)40(54-43(48)33-20-8-2-9-21-33)39(53-46)32-52-47(36-26-14-5-15-27-36,37-28-16-6-17-29-37)38-30-18-7-19-31-38/h2-31,39-42,46H,32H2,1H3/t39-,40-,41+,42-,46+/m1/s1. The molecule has 56 heavy (non-hydrogen) atoms. The molecule has 0 N–H and O–H groups in total. The van der Waals surface area contributed by atoms with Crippen molar-refractivity contribution in [3.8, 4) is 0 Å². The van der Waals surface area contributed by atoms with Crippen molar-refractivity contribution >= 4 is 17.9 Å². The van der Waals surface area contributed by atoms with Gasteiger partial charge in [0.15, 0.2) is 24.6 Å². The Kier molecular flexibility index (Phi) is 12.1. The zero-order chi connectivity index (χ0) is 38.7. The van der Waals surface area contributed by atoms with Crippen LogP contribution in [-0.4, -0.2) is 62.3 Å². The smallest absolute Gasteiger partial charge is 0.338 e. The first-order chi connectivity index (χ1) is 27.5. The van der Waals surface area contributed by atoms with Gasteiger partial charge in [0.1, 0.15) is 11.7 Å². The molecule has 6 aromatic rings. The van der Waals surface area contributed by atoms with Crippen molar-refractivity contribution < 1.29 is 42.8 Å². The van der Waals surface area contributed by atoms with Crippen LogP contribution in [0.15, 0.2) is 182 Å². The Morgan fingerprint density at radius 3 is 1.14 bits per heavy atom. The van der Waals surface area contributed by atoms with E-state index in [1.54, 1.807) is 91.0 Å². The zero-order valence-corrected chi connectivity index (χ0v) is 30.6. The molecule has 6 aromatic carbocycles. The van der Waals surface area contributed by atoms with E-state index < -0.39 is 54.2 Å². The van der Waals surface area contributed by atoms with E-state index in [1.807, 2.05) is 91.0 Å². The third-order valence-corrected chi connectivity index (χ3v) is 9.59. The summed E-state index contributed by atoms with van der Waals surface area (Å²) in [5.41, 5.74) is 2.04. The molecule has 9 nitrogen and oxygen atoms in total. The predicted molar refractivity (Wildman–Crippen MR) is 208 cm³/mol. The van der Waals surface area contributed by atoms with E-state index in [1.165, 1.54) is 7.11 Å².